The van der Waals surface area contributed by atoms with Crippen LogP contribution in [0.1, 0.15) is 36.2 Å². The summed E-state index contributed by atoms with van der Waals surface area (Å²) in [5, 5.41) is 8.58. The van der Waals surface area contributed by atoms with Crippen LogP contribution in [0.3, 0.4) is 0 Å². The predicted molar refractivity (Wildman–Crippen MR) is 128 cm³/mol. The number of hydrogen-bond acceptors (Lipinski definition) is 5. The highest BCUT2D eigenvalue weighted by Gasteiger charge is 2.34. The number of rotatable bonds is 3. The molecule has 5 nitrogen and oxygen atoms in total. The number of nitrogens with zero attached hydrogens (tertiary/aromatic N) is 2. The number of carbonyl (C=O) groups excluding carboxylic acids is 1. The third kappa shape index (κ3) is 3.20. The Kier molecular flexibility index (Phi) is 4.50. The summed E-state index contributed by atoms with van der Waals surface area (Å²) in [5.74, 6) is 1.36. The standard InChI is InChI=1S/C27H24FN3O2/c1-15-11-16(2)14-31(13-15)22-12-21(29-18-9-7-17(28)8-10-18)23-24-25(22)30-33-27(24)20-6-4-3-5-19(20)26(23)32/h3-10,12,15-16,29H,11,13-14H2,1-2H3/t15-,16-/m1/s1. The molecule has 2 heterocycles. The van der Waals surface area contributed by atoms with Crippen LogP contribution in [0.25, 0.3) is 22.2 Å². The van der Waals surface area contributed by atoms with Gasteiger partial charge in [-0.25, -0.2) is 4.39 Å². The first-order valence-corrected chi connectivity index (χ1v) is 11.4. The highest BCUT2D eigenvalue weighted by molar-refractivity contribution is 6.28. The van der Waals surface area contributed by atoms with Gasteiger partial charge in [-0.05, 0) is 48.6 Å². The van der Waals surface area contributed by atoms with E-state index in [1.54, 1.807) is 12.1 Å². The van der Waals surface area contributed by atoms with Gasteiger partial charge in [0.2, 0.25) is 0 Å². The Labute approximate surface area is 191 Å². The zero-order valence-electron chi connectivity index (χ0n) is 18.6. The lowest BCUT2D eigenvalue weighted by molar-refractivity contribution is 0.104. The molecule has 3 aromatic carbocycles. The van der Waals surface area contributed by atoms with Crippen LogP contribution in [0.4, 0.5) is 21.5 Å². The molecule has 6 heteroatoms. The van der Waals surface area contributed by atoms with E-state index in [0.717, 1.165) is 29.7 Å². The van der Waals surface area contributed by atoms with Gasteiger partial charge in [-0.3, -0.25) is 4.79 Å². The van der Waals surface area contributed by atoms with Crippen LogP contribution in [0.5, 0.6) is 0 Å². The molecular formula is C27H24FN3O2. The van der Waals surface area contributed by atoms with Gasteiger partial charge in [0.15, 0.2) is 11.5 Å². The molecule has 1 aromatic heterocycles. The predicted octanol–water partition coefficient (Wildman–Crippen LogP) is 6.40. The normalized spacial score (nSPS) is 19.6. The smallest absolute Gasteiger partial charge is 0.196 e. The van der Waals surface area contributed by atoms with Crippen molar-refractivity contribution in [2.45, 2.75) is 20.3 Å². The van der Waals surface area contributed by atoms with Crippen molar-refractivity contribution < 1.29 is 13.7 Å². The average molecular weight is 442 g/mol. The van der Waals surface area contributed by atoms with Crippen molar-refractivity contribution in [2.24, 2.45) is 11.8 Å². The minimum Gasteiger partial charge on any atom is -0.369 e. The Morgan fingerprint density at radius 1 is 1.03 bits per heavy atom. The number of nitrogens with one attached hydrogen (secondary N) is 1. The molecule has 0 radical (unpaired) electrons. The molecule has 6 rings (SSSR count). The van der Waals surface area contributed by atoms with Gasteiger partial charge in [0.1, 0.15) is 11.3 Å². The maximum Gasteiger partial charge on any atom is 0.196 e. The van der Waals surface area contributed by atoms with Crippen LogP contribution >= 0.6 is 0 Å². The minimum atomic E-state index is -0.305. The summed E-state index contributed by atoms with van der Waals surface area (Å²) in [6, 6.07) is 15.6. The van der Waals surface area contributed by atoms with Crippen LogP contribution in [0.15, 0.2) is 59.1 Å². The van der Waals surface area contributed by atoms with Gasteiger partial charge in [-0.15, -0.1) is 0 Å². The lowest BCUT2D eigenvalue weighted by atomic mass is 9.85. The number of benzene rings is 3. The second-order valence-electron chi connectivity index (χ2n) is 9.41. The molecule has 2 atom stereocenters. The summed E-state index contributed by atoms with van der Waals surface area (Å²) < 4.78 is 19.4. The zero-order valence-corrected chi connectivity index (χ0v) is 18.6. The largest absolute Gasteiger partial charge is 0.369 e. The number of halogens is 1. The third-order valence-electron chi connectivity index (χ3n) is 6.71. The van der Waals surface area contributed by atoms with Crippen molar-refractivity contribution in [1.29, 1.82) is 0 Å². The fraction of sp³-hybridized carbons (Fsp3) is 0.259. The fourth-order valence-corrected chi connectivity index (χ4v) is 5.43. The molecule has 1 aliphatic heterocycles. The number of carbonyl (C=O) groups is 1. The molecular weight excluding hydrogens is 417 g/mol. The van der Waals surface area contributed by atoms with E-state index in [9.17, 15) is 9.18 Å². The lowest BCUT2D eigenvalue weighted by Gasteiger charge is -2.37. The molecule has 2 aliphatic rings. The number of aromatic nitrogens is 1. The summed E-state index contributed by atoms with van der Waals surface area (Å²) in [7, 11) is 0. The van der Waals surface area contributed by atoms with Crippen LogP contribution < -0.4 is 10.2 Å². The molecule has 0 spiro atoms. The van der Waals surface area contributed by atoms with Gasteiger partial charge >= 0.3 is 0 Å². The van der Waals surface area contributed by atoms with E-state index in [1.165, 1.54) is 18.6 Å². The monoisotopic (exact) mass is 441 g/mol. The highest BCUT2D eigenvalue weighted by atomic mass is 19.1. The van der Waals surface area contributed by atoms with E-state index in [0.29, 0.717) is 45.6 Å². The topological polar surface area (TPSA) is 58.4 Å². The summed E-state index contributed by atoms with van der Waals surface area (Å²) in [6.45, 7) is 6.37. The Bertz CT molecular complexity index is 1380. The Balaban J connectivity index is 1.60. The summed E-state index contributed by atoms with van der Waals surface area (Å²) >= 11 is 0. The summed E-state index contributed by atoms with van der Waals surface area (Å²) in [4.78, 5) is 16.0. The Hall–Kier alpha value is -3.67. The molecule has 1 fully saturated rings. The molecule has 4 aromatic rings. The van der Waals surface area contributed by atoms with E-state index in [4.69, 9.17) is 4.52 Å². The molecule has 1 aliphatic carbocycles. The van der Waals surface area contributed by atoms with Crippen molar-refractivity contribution in [3.63, 3.8) is 0 Å². The summed E-state index contributed by atoms with van der Waals surface area (Å²) in [5.41, 5.74) is 4.97. The quantitative estimate of drug-likeness (QED) is 0.351. The zero-order chi connectivity index (χ0) is 22.7. The van der Waals surface area contributed by atoms with Gasteiger partial charge < -0.3 is 14.7 Å². The van der Waals surface area contributed by atoms with Gasteiger partial charge in [0.25, 0.3) is 0 Å². The number of piperidine rings is 1. The number of ketones is 1. The van der Waals surface area contributed by atoms with Crippen molar-refractivity contribution in [1.82, 2.24) is 5.16 Å². The van der Waals surface area contributed by atoms with E-state index in [2.05, 4.69) is 29.2 Å². The minimum absolute atomic E-state index is 0.0668. The molecule has 0 bridgehead atoms. The average Bonchev–Trinajstić information content (AvgIpc) is 3.24. The van der Waals surface area contributed by atoms with Crippen molar-refractivity contribution in [2.75, 3.05) is 23.3 Å². The van der Waals surface area contributed by atoms with Gasteiger partial charge in [0.05, 0.1) is 22.3 Å². The second kappa shape index (κ2) is 7.44. The molecule has 166 valence electrons. The van der Waals surface area contributed by atoms with Gasteiger partial charge in [-0.1, -0.05) is 43.3 Å². The lowest BCUT2D eigenvalue weighted by Crippen LogP contribution is -2.39. The van der Waals surface area contributed by atoms with Crippen molar-refractivity contribution in [3.05, 3.63) is 71.5 Å². The SMILES string of the molecule is C[C@@H]1C[C@@H](C)CN(c2cc(Nc3ccc(F)cc3)c3c4c(onc24)-c2ccccc2C3=O)C1. The van der Waals surface area contributed by atoms with Crippen LogP contribution in [-0.4, -0.2) is 24.0 Å². The first kappa shape index (κ1) is 20.0. The number of fused-ring (bicyclic) bond motifs is 2. The number of hydrogen-bond donors (Lipinski definition) is 1. The van der Waals surface area contributed by atoms with E-state index >= 15 is 0 Å². The third-order valence-corrected chi connectivity index (χ3v) is 6.71. The highest BCUT2D eigenvalue weighted by Crippen LogP contribution is 2.47. The molecule has 1 saturated heterocycles. The van der Waals surface area contributed by atoms with E-state index < -0.39 is 0 Å². The molecule has 33 heavy (non-hydrogen) atoms. The van der Waals surface area contributed by atoms with Crippen LogP contribution in [0.2, 0.25) is 0 Å². The van der Waals surface area contributed by atoms with Crippen molar-refractivity contribution in [3.8, 4) is 11.3 Å². The Morgan fingerprint density at radius 2 is 1.73 bits per heavy atom. The second-order valence-corrected chi connectivity index (χ2v) is 9.41. The van der Waals surface area contributed by atoms with Crippen LogP contribution in [-0.2, 0) is 0 Å². The molecule has 0 saturated carbocycles. The Morgan fingerprint density at radius 3 is 2.45 bits per heavy atom. The van der Waals surface area contributed by atoms with E-state index in [-0.39, 0.29) is 11.6 Å². The maximum absolute atomic E-state index is 13.7. The summed E-state index contributed by atoms with van der Waals surface area (Å²) in [6.07, 6.45) is 1.19. The van der Waals surface area contributed by atoms with Crippen molar-refractivity contribution >= 4 is 33.7 Å². The van der Waals surface area contributed by atoms with E-state index in [1.807, 2.05) is 30.3 Å². The van der Waals surface area contributed by atoms with Gasteiger partial charge in [-0.2, -0.15) is 0 Å². The fourth-order valence-electron chi connectivity index (χ4n) is 5.43. The molecule has 1 N–H and O–H groups in total. The molecule has 0 amide bonds. The van der Waals surface area contributed by atoms with Gasteiger partial charge in [0, 0.05) is 29.9 Å². The first-order chi connectivity index (χ1) is 16.0. The maximum atomic E-state index is 13.7. The molecule has 0 unspecified atom stereocenters. The first-order valence-electron chi connectivity index (χ1n) is 11.4. The number of anilines is 3. The van der Waals surface area contributed by atoms with Crippen LogP contribution in [0, 0.1) is 17.7 Å².